The molecular weight excluding hydrogens is 296 g/mol. The molecule has 3 rings (SSSR count). The number of rotatable bonds is 5. The smallest absolute Gasteiger partial charge is 0.352 e. The average Bonchev–Trinajstić information content (AvgIpc) is 3.03. The molecule has 120 valence electrons. The third-order valence-electron chi connectivity index (χ3n) is 3.78. The maximum atomic E-state index is 11.4. The third kappa shape index (κ3) is 2.90. The van der Waals surface area contributed by atoms with Gasteiger partial charge in [-0.2, -0.15) is 10.1 Å². The Morgan fingerprint density at radius 2 is 2.26 bits per heavy atom. The summed E-state index contributed by atoms with van der Waals surface area (Å²) in [5, 5.41) is 16.3. The number of carboxylic acids is 1. The van der Waals surface area contributed by atoms with Gasteiger partial charge >= 0.3 is 5.97 Å². The molecule has 1 aromatic heterocycles. The van der Waals surface area contributed by atoms with Gasteiger partial charge in [-0.3, -0.25) is 0 Å². The topological polar surface area (TPSA) is 89.3 Å². The van der Waals surface area contributed by atoms with Gasteiger partial charge in [0.15, 0.2) is 0 Å². The van der Waals surface area contributed by atoms with Gasteiger partial charge in [0.1, 0.15) is 23.8 Å². The first-order chi connectivity index (χ1) is 11.1. The normalized spacial score (nSPS) is 17.7. The first-order valence-corrected chi connectivity index (χ1v) is 7.47. The van der Waals surface area contributed by atoms with Crippen molar-refractivity contribution in [2.24, 2.45) is 0 Å². The number of hydrogen-bond donors (Lipinski definition) is 2. The van der Waals surface area contributed by atoms with Gasteiger partial charge in [-0.05, 0) is 25.5 Å². The molecule has 7 heteroatoms. The molecule has 7 nitrogen and oxygen atoms in total. The molecule has 0 aliphatic carbocycles. The second kappa shape index (κ2) is 6.12. The van der Waals surface area contributed by atoms with E-state index >= 15 is 0 Å². The molecule has 1 aromatic carbocycles. The molecule has 0 saturated heterocycles. The van der Waals surface area contributed by atoms with Crippen LogP contribution >= 0.6 is 0 Å². The Balaban J connectivity index is 2.06. The largest absolute Gasteiger partial charge is 0.490 e. The van der Waals surface area contributed by atoms with Gasteiger partial charge < -0.3 is 15.2 Å². The second-order valence-corrected chi connectivity index (χ2v) is 5.36. The number of hydrogen-bond acceptors (Lipinski definition) is 5. The molecule has 23 heavy (non-hydrogen) atoms. The van der Waals surface area contributed by atoms with Crippen molar-refractivity contribution in [3.63, 3.8) is 0 Å². The highest BCUT2D eigenvalue weighted by molar-refractivity contribution is 5.90. The van der Waals surface area contributed by atoms with Crippen LogP contribution in [-0.4, -0.2) is 31.9 Å². The van der Waals surface area contributed by atoms with E-state index in [4.69, 9.17) is 4.74 Å². The third-order valence-corrected chi connectivity index (χ3v) is 3.78. The van der Waals surface area contributed by atoms with Crippen LogP contribution in [0.3, 0.4) is 0 Å². The molecule has 0 radical (unpaired) electrons. The zero-order valence-corrected chi connectivity index (χ0v) is 12.9. The fourth-order valence-corrected chi connectivity index (χ4v) is 2.41. The fourth-order valence-electron chi connectivity index (χ4n) is 2.41. The summed E-state index contributed by atoms with van der Waals surface area (Å²) in [6, 6.07) is 7.20. The summed E-state index contributed by atoms with van der Waals surface area (Å²) in [6.07, 6.45) is 3.95. The number of aromatic nitrogens is 3. The summed E-state index contributed by atoms with van der Waals surface area (Å²) in [6.45, 7) is 4.05. The number of aliphatic carboxylic acids is 1. The lowest BCUT2D eigenvalue weighted by Gasteiger charge is -2.25. The van der Waals surface area contributed by atoms with Crippen molar-refractivity contribution >= 4 is 11.9 Å². The number of allylic oxidation sites excluding steroid dienone is 1. The quantitative estimate of drug-likeness (QED) is 0.881. The lowest BCUT2D eigenvalue weighted by Crippen LogP contribution is -2.25. The van der Waals surface area contributed by atoms with Crippen LogP contribution in [0.5, 0.6) is 5.75 Å². The molecule has 2 atom stereocenters. The van der Waals surface area contributed by atoms with E-state index in [1.165, 1.54) is 6.33 Å². The Labute approximate surface area is 133 Å². The van der Waals surface area contributed by atoms with Crippen LogP contribution in [-0.2, 0) is 4.79 Å². The van der Waals surface area contributed by atoms with E-state index < -0.39 is 5.97 Å². The van der Waals surface area contributed by atoms with E-state index in [-0.39, 0.29) is 17.8 Å². The monoisotopic (exact) mass is 314 g/mol. The predicted octanol–water partition coefficient (Wildman–Crippen LogP) is 2.44. The van der Waals surface area contributed by atoms with Crippen LogP contribution in [0.4, 0.5) is 5.95 Å². The average molecular weight is 314 g/mol. The molecule has 2 aromatic rings. The highest BCUT2D eigenvalue weighted by Gasteiger charge is 2.27. The van der Waals surface area contributed by atoms with Gasteiger partial charge in [0.2, 0.25) is 5.95 Å². The number of nitrogens with one attached hydrogen (secondary N) is 1. The number of carboxylic acid groups (broad SMARTS) is 1. The number of benzene rings is 1. The highest BCUT2D eigenvalue weighted by Crippen LogP contribution is 2.34. The Hall–Kier alpha value is -2.83. The predicted molar refractivity (Wildman–Crippen MR) is 84.3 cm³/mol. The van der Waals surface area contributed by atoms with Crippen molar-refractivity contribution in [3.05, 3.63) is 47.9 Å². The van der Waals surface area contributed by atoms with Crippen molar-refractivity contribution in [1.29, 1.82) is 0 Å². The number of nitrogens with zero attached hydrogens (tertiary/aromatic N) is 3. The zero-order valence-electron chi connectivity index (χ0n) is 12.9. The van der Waals surface area contributed by atoms with Gasteiger partial charge in [0.05, 0.1) is 6.10 Å². The Morgan fingerprint density at radius 3 is 3.00 bits per heavy atom. The molecule has 0 fully saturated rings. The van der Waals surface area contributed by atoms with Crippen LogP contribution in [0.25, 0.3) is 0 Å². The van der Waals surface area contributed by atoms with Gasteiger partial charge in [0, 0.05) is 5.56 Å². The SMILES string of the molecule is CC[C@@H](C)Oc1ccccc1[C@H]1C=C(C(=O)O)Nc2ncnn21. The van der Waals surface area contributed by atoms with E-state index in [0.717, 1.165) is 17.7 Å². The summed E-state index contributed by atoms with van der Waals surface area (Å²) in [5.74, 6) is 0.0778. The van der Waals surface area contributed by atoms with Crippen molar-refractivity contribution < 1.29 is 14.6 Å². The van der Waals surface area contributed by atoms with Crippen molar-refractivity contribution in [2.75, 3.05) is 5.32 Å². The molecule has 1 aliphatic heterocycles. The standard InChI is InChI=1S/C16H18N4O3/c1-3-10(2)23-14-7-5-4-6-11(14)13-8-12(15(21)22)19-16-17-9-18-20(13)16/h4-10,13H,3H2,1-2H3,(H,21,22)(H,17,18,19)/t10-,13-/m1/s1. The van der Waals surface area contributed by atoms with Crippen molar-refractivity contribution in [1.82, 2.24) is 14.8 Å². The van der Waals surface area contributed by atoms with Crippen LogP contribution in [0.15, 0.2) is 42.4 Å². The lowest BCUT2D eigenvalue weighted by molar-refractivity contribution is -0.132. The van der Waals surface area contributed by atoms with Gasteiger partial charge in [-0.15, -0.1) is 0 Å². The first kappa shape index (κ1) is 15.1. The Kier molecular flexibility index (Phi) is 4.01. The molecular formula is C16H18N4O3. The molecule has 2 N–H and O–H groups in total. The van der Waals surface area contributed by atoms with E-state index in [1.807, 2.05) is 31.2 Å². The molecule has 0 unspecified atom stereocenters. The minimum absolute atomic E-state index is 0.0657. The van der Waals surface area contributed by atoms with E-state index in [0.29, 0.717) is 5.95 Å². The van der Waals surface area contributed by atoms with E-state index in [1.54, 1.807) is 10.8 Å². The fraction of sp³-hybridized carbons (Fsp3) is 0.312. The molecule has 0 saturated carbocycles. The Bertz CT molecular complexity index is 753. The van der Waals surface area contributed by atoms with Crippen LogP contribution in [0.1, 0.15) is 31.9 Å². The minimum atomic E-state index is -1.04. The minimum Gasteiger partial charge on any atom is -0.490 e. The van der Waals surface area contributed by atoms with Gasteiger partial charge in [-0.1, -0.05) is 25.1 Å². The van der Waals surface area contributed by atoms with E-state index in [2.05, 4.69) is 22.3 Å². The van der Waals surface area contributed by atoms with Crippen LogP contribution in [0.2, 0.25) is 0 Å². The number of carbonyl (C=O) groups is 1. The van der Waals surface area contributed by atoms with Crippen molar-refractivity contribution in [2.45, 2.75) is 32.4 Å². The summed E-state index contributed by atoms with van der Waals surface area (Å²) >= 11 is 0. The first-order valence-electron chi connectivity index (χ1n) is 7.47. The molecule has 0 amide bonds. The number of anilines is 1. The maximum Gasteiger partial charge on any atom is 0.352 e. The highest BCUT2D eigenvalue weighted by atomic mass is 16.5. The van der Waals surface area contributed by atoms with Crippen LogP contribution in [0, 0.1) is 0 Å². The van der Waals surface area contributed by atoms with E-state index in [9.17, 15) is 9.90 Å². The summed E-state index contributed by atoms with van der Waals surface area (Å²) in [7, 11) is 0. The number of fused-ring (bicyclic) bond motifs is 1. The Morgan fingerprint density at radius 1 is 1.48 bits per heavy atom. The summed E-state index contributed by atoms with van der Waals surface area (Å²) in [5.41, 5.74) is 0.925. The van der Waals surface area contributed by atoms with Crippen LogP contribution < -0.4 is 10.1 Å². The number of para-hydroxylation sites is 1. The van der Waals surface area contributed by atoms with Crippen molar-refractivity contribution in [3.8, 4) is 5.75 Å². The molecule has 2 heterocycles. The zero-order chi connectivity index (χ0) is 16.4. The summed E-state index contributed by atoms with van der Waals surface area (Å²) < 4.78 is 7.62. The molecule has 1 aliphatic rings. The molecule has 0 bridgehead atoms. The van der Waals surface area contributed by atoms with Gasteiger partial charge in [0.25, 0.3) is 0 Å². The summed E-state index contributed by atoms with van der Waals surface area (Å²) in [4.78, 5) is 15.4. The second-order valence-electron chi connectivity index (χ2n) is 5.36. The number of ether oxygens (including phenoxy) is 1. The van der Waals surface area contributed by atoms with Gasteiger partial charge in [-0.25, -0.2) is 9.48 Å². The molecule has 0 spiro atoms. The lowest BCUT2D eigenvalue weighted by atomic mass is 10.0. The maximum absolute atomic E-state index is 11.4.